The Morgan fingerprint density at radius 2 is 2.48 bits per heavy atom. The number of fused-ring (bicyclic) bond motifs is 1. The van der Waals surface area contributed by atoms with Crippen molar-refractivity contribution in [2.45, 2.75) is 32.2 Å². The number of amides is 1. The summed E-state index contributed by atoms with van der Waals surface area (Å²) in [5.41, 5.74) is 0.887. The zero-order valence-electron chi connectivity index (χ0n) is 12.0. The number of nitrogens with one attached hydrogen (secondary N) is 2. The maximum Gasteiger partial charge on any atom is 0.227 e. The Morgan fingerprint density at radius 3 is 3.24 bits per heavy atom. The number of aromatic nitrogens is 1. The molecule has 0 aliphatic carbocycles. The summed E-state index contributed by atoms with van der Waals surface area (Å²) in [5, 5.41) is 6.88. The summed E-state index contributed by atoms with van der Waals surface area (Å²) >= 11 is 1.48. The first-order chi connectivity index (χ1) is 10.2. The molecule has 1 aromatic carbocycles. The number of ether oxygens (including phenoxy) is 1. The molecule has 6 heteroatoms. The molecule has 1 fully saturated rings. The van der Waals surface area contributed by atoms with Gasteiger partial charge in [-0.2, -0.15) is 0 Å². The average molecular weight is 305 g/mol. The Bertz CT molecular complexity index is 635. The molecule has 0 saturated carbocycles. The normalized spacial score (nSPS) is 18.0. The van der Waals surface area contributed by atoms with Gasteiger partial charge in [0.1, 0.15) is 5.75 Å². The van der Waals surface area contributed by atoms with Crippen molar-refractivity contribution in [1.82, 2.24) is 10.3 Å². The van der Waals surface area contributed by atoms with Gasteiger partial charge in [-0.1, -0.05) is 11.3 Å². The van der Waals surface area contributed by atoms with Crippen molar-refractivity contribution in [3.05, 3.63) is 18.2 Å². The molecule has 1 aliphatic heterocycles. The maximum absolute atomic E-state index is 12.0. The van der Waals surface area contributed by atoms with Crippen LogP contribution in [0.25, 0.3) is 10.2 Å². The molecule has 21 heavy (non-hydrogen) atoms. The molecular formula is C15H19N3O2S. The van der Waals surface area contributed by atoms with E-state index in [0.29, 0.717) is 24.2 Å². The van der Waals surface area contributed by atoms with E-state index in [0.717, 1.165) is 35.4 Å². The summed E-state index contributed by atoms with van der Waals surface area (Å²) in [6.07, 6.45) is 2.74. The van der Waals surface area contributed by atoms with Crippen molar-refractivity contribution in [3.8, 4) is 5.75 Å². The van der Waals surface area contributed by atoms with Crippen molar-refractivity contribution >= 4 is 32.6 Å². The van der Waals surface area contributed by atoms with Gasteiger partial charge in [-0.3, -0.25) is 4.79 Å². The quantitative estimate of drug-likeness (QED) is 0.891. The number of hydrogen-bond donors (Lipinski definition) is 2. The number of carbonyl (C=O) groups excluding carboxylic acids is 1. The minimum atomic E-state index is 0.0264. The molecular weight excluding hydrogens is 286 g/mol. The molecule has 0 radical (unpaired) electrons. The van der Waals surface area contributed by atoms with Crippen LogP contribution < -0.4 is 15.4 Å². The Morgan fingerprint density at radius 1 is 1.57 bits per heavy atom. The van der Waals surface area contributed by atoms with E-state index in [1.54, 1.807) is 0 Å². The SMILES string of the molecule is CCOc1ccc2nc(NC(=O)CC3CCCN3)sc2c1. The fraction of sp³-hybridized carbons (Fsp3) is 0.467. The van der Waals surface area contributed by atoms with Gasteiger partial charge in [0.15, 0.2) is 5.13 Å². The Labute approximate surface area is 127 Å². The predicted octanol–water partition coefficient (Wildman–Crippen LogP) is 2.78. The first-order valence-corrected chi connectivity index (χ1v) is 8.13. The van der Waals surface area contributed by atoms with Gasteiger partial charge in [-0.25, -0.2) is 4.98 Å². The number of anilines is 1. The zero-order valence-corrected chi connectivity index (χ0v) is 12.8. The van der Waals surface area contributed by atoms with Crippen molar-refractivity contribution in [3.63, 3.8) is 0 Å². The van der Waals surface area contributed by atoms with Crippen LogP contribution >= 0.6 is 11.3 Å². The van der Waals surface area contributed by atoms with E-state index in [9.17, 15) is 4.79 Å². The molecule has 1 amide bonds. The van der Waals surface area contributed by atoms with Crippen LogP contribution in [0.2, 0.25) is 0 Å². The van der Waals surface area contributed by atoms with Crippen LogP contribution in [0.1, 0.15) is 26.2 Å². The lowest BCUT2D eigenvalue weighted by Crippen LogP contribution is -2.27. The second-order valence-electron chi connectivity index (χ2n) is 5.13. The van der Waals surface area contributed by atoms with Crippen molar-refractivity contribution < 1.29 is 9.53 Å². The number of hydrogen-bond acceptors (Lipinski definition) is 5. The molecule has 2 N–H and O–H groups in total. The van der Waals surface area contributed by atoms with Crippen molar-refractivity contribution in [2.24, 2.45) is 0 Å². The fourth-order valence-corrected chi connectivity index (χ4v) is 3.45. The van der Waals surface area contributed by atoms with Crippen LogP contribution in [0.5, 0.6) is 5.75 Å². The number of carbonyl (C=O) groups is 1. The van der Waals surface area contributed by atoms with Gasteiger partial charge in [0.2, 0.25) is 5.91 Å². The lowest BCUT2D eigenvalue weighted by molar-refractivity contribution is -0.116. The second-order valence-corrected chi connectivity index (χ2v) is 6.16. The molecule has 1 atom stereocenters. The summed E-state index contributed by atoms with van der Waals surface area (Å²) in [7, 11) is 0. The number of thiazole rings is 1. The lowest BCUT2D eigenvalue weighted by Gasteiger charge is -2.08. The van der Waals surface area contributed by atoms with Crippen LogP contribution in [0.3, 0.4) is 0 Å². The fourth-order valence-electron chi connectivity index (χ4n) is 2.54. The van der Waals surface area contributed by atoms with Crippen LogP contribution in [-0.2, 0) is 4.79 Å². The van der Waals surface area contributed by atoms with Crippen LogP contribution in [0.4, 0.5) is 5.13 Å². The largest absolute Gasteiger partial charge is 0.494 e. The van der Waals surface area contributed by atoms with Gasteiger partial charge >= 0.3 is 0 Å². The number of rotatable bonds is 5. The number of nitrogens with zero attached hydrogens (tertiary/aromatic N) is 1. The smallest absolute Gasteiger partial charge is 0.227 e. The Hall–Kier alpha value is -1.66. The standard InChI is InChI=1S/C15H19N3O2S/c1-2-20-11-5-6-12-13(9-11)21-15(17-12)18-14(19)8-10-4-3-7-16-10/h5-6,9-10,16H,2-4,7-8H2,1H3,(H,17,18,19). The highest BCUT2D eigenvalue weighted by Crippen LogP contribution is 2.29. The molecule has 1 aromatic heterocycles. The lowest BCUT2D eigenvalue weighted by atomic mass is 10.1. The highest BCUT2D eigenvalue weighted by Gasteiger charge is 2.18. The van der Waals surface area contributed by atoms with E-state index in [2.05, 4.69) is 15.6 Å². The topological polar surface area (TPSA) is 63.2 Å². The zero-order chi connectivity index (χ0) is 14.7. The third-order valence-electron chi connectivity index (χ3n) is 3.51. The molecule has 112 valence electrons. The Kier molecular flexibility index (Phi) is 4.36. The molecule has 2 heterocycles. The predicted molar refractivity (Wildman–Crippen MR) is 85.1 cm³/mol. The van der Waals surface area contributed by atoms with E-state index in [-0.39, 0.29) is 5.91 Å². The first kappa shape index (κ1) is 14.3. The molecule has 0 bridgehead atoms. The summed E-state index contributed by atoms with van der Waals surface area (Å²) < 4.78 is 6.50. The summed E-state index contributed by atoms with van der Waals surface area (Å²) in [4.78, 5) is 16.4. The first-order valence-electron chi connectivity index (χ1n) is 7.31. The summed E-state index contributed by atoms with van der Waals surface area (Å²) in [5.74, 6) is 0.861. The van der Waals surface area contributed by atoms with Gasteiger partial charge in [-0.05, 0) is 44.5 Å². The van der Waals surface area contributed by atoms with E-state index in [1.807, 2.05) is 25.1 Å². The van der Waals surface area contributed by atoms with Crippen molar-refractivity contribution in [2.75, 3.05) is 18.5 Å². The van der Waals surface area contributed by atoms with E-state index >= 15 is 0 Å². The van der Waals surface area contributed by atoms with E-state index in [1.165, 1.54) is 11.3 Å². The molecule has 1 saturated heterocycles. The van der Waals surface area contributed by atoms with Gasteiger partial charge in [-0.15, -0.1) is 0 Å². The van der Waals surface area contributed by atoms with E-state index in [4.69, 9.17) is 4.74 Å². The molecule has 5 nitrogen and oxygen atoms in total. The van der Waals surface area contributed by atoms with Gasteiger partial charge in [0.05, 0.1) is 16.8 Å². The van der Waals surface area contributed by atoms with Crippen molar-refractivity contribution in [1.29, 1.82) is 0 Å². The molecule has 1 unspecified atom stereocenters. The summed E-state index contributed by atoms with van der Waals surface area (Å²) in [6.45, 7) is 3.61. The minimum absolute atomic E-state index is 0.0264. The van der Waals surface area contributed by atoms with Crippen LogP contribution in [0, 0.1) is 0 Å². The highest BCUT2D eigenvalue weighted by molar-refractivity contribution is 7.22. The van der Waals surface area contributed by atoms with Gasteiger partial charge < -0.3 is 15.4 Å². The monoisotopic (exact) mass is 305 g/mol. The molecule has 2 aromatic rings. The highest BCUT2D eigenvalue weighted by atomic mass is 32.1. The van der Waals surface area contributed by atoms with Crippen LogP contribution in [0.15, 0.2) is 18.2 Å². The van der Waals surface area contributed by atoms with Gasteiger partial charge in [0, 0.05) is 12.5 Å². The second kappa shape index (κ2) is 6.41. The van der Waals surface area contributed by atoms with Gasteiger partial charge in [0.25, 0.3) is 0 Å². The van der Waals surface area contributed by atoms with Crippen LogP contribution in [-0.4, -0.2) is 30.1 Å². The minimum Gasteiger partial charge on any atom is -0.494 e. The van der Waals surface area contributed by atoms with E-state index < -0.39 is 0 Å². The maximum atomic E-state index is 12.0. The molecule has 3 rings (SSSR count). The molecule has 1 aliphatic rings. The summed E-state index contributed by atoms with van der Waals surface area (Å²) in [6, 6.07) is 6.10. The third kappa shape index (κ3) is 3.51. The molecule has 0 spiro atoms. The third-order valence-corrected chi connectivity index (χ3v) is 4.45. The number of benzene rings is 1. The average Bonchev–Trinajstić information content (AvgIpc) is 3.07. The Balaban J connectivity index is 1.67.